The molecule has 5 rings (SSSR count). The van der Waals surface area contributed by atoms with Gasteiger partial charge < -0.3 is 9.84 Å². The quantitative estimate of drug-likeness (QED) is 0.507. The molecule has 2 aromatic carbocycles. The van der Waals surface area contributed by atoms with Crippen LogP contribution in [0.3, 0.4) is 0 Å². The number of rotatable bonds is 8. The van der Waals surface area contributed by atoms with Gasteiger partial charge in [-0.15, -0.1) is 0 Å². The van der Waals surface area contributed by atoms with Crippen LogP contribution in [0.2, 0.25) is 5.02 Å². The van der Waals surface area contributed by atoms with E-state index in [4.69, 9.17) is 21.3 Å². The first-order chi connectivity index (χ1) is 16.0. The Bertz CT molecular complexity index is 1140. The van der Waals surface area contributed by atoms with Crippen LogP contribution >= 0.6 is 11.6 Å². The molecular weight excluding hydrogens is 438 g/mol. The molecule has 7 heteroatoms. The largest absolute Gasteiger partial charge is 0.489 e. The molecule has 3 aromatic rings. The normalized spacial score (nSPS) is 16.8. The number of halogens is 1. The molecule has 1 aliphatic carbocycles. The summed E-state index contributed by atoms with van der Waals surface area (Å²) < 4.78 is 5.87. The van der Waals surface area contributed by atoms with Gasteiger partial charge in [0.15, 0.2) is 5.82 Å². The van der Waals surface area contributed by atoms with Crippen LogP contribution in [0, 0.1) is 5.41 Å². The Morgan fingerprint density at radius 1 is 1.12 bits per heavy atom. The third-order valence-electron chi connectivity index (χ3n) is 6.49. The maximum atomic E-state index is 11.2. The molecule has 0 bridgehead atoms. The van der Waals surface area contributed by atoms with Crippen LogP contribution < -0.4 is 4.74 Å². The summed E-state index contributed by atoms with van der Waals surface area (Å²) in [5, 5.41) is 9.89. The minimum Gasteiger partial charge on any atom is -0.489 e. The maximum Gasteiger partial charge on any atom is 0.303 e. The predicted molar refractivity (Wildman–Crippen MR) is 126 cm³/mol. The zero-order valence-corrected chi connectivity index (χ0v) is 19.1. The molecular formula is C26H26ClN3O3. The van der Waals surface area contributed by atoms with Gasteiger partial charge in [0, 0.05) is 48.4 Å². The number of nitrogens with zero attached hydrogens (tertiary/aromatic N) is 3. The van der Waals surface area contributed by atoms with E-state index in [1.807, 2.05) is 54.7 Å². The molecule has 1 aromatic heterocycles. The van der Waals surface area contributed by atoms with E-state index in [0.29, 0.717) is 11.6 Å². The van der Waals surface area contributed by atoms with Gasteiger partial charge in [0.2, 0.25) is 0 Å². The summed E-state index contributed by atoms with van der Waals surface area (Å²) >= 11 is 5.93. The highest BCUT2D eigenvalue weighted by atomic mass is 35.5. The van der Waals surface area contributed by atoms with Gasteiger partial charge in [-0.2, -0.15) is 0 Å². The van der Waals surface area contributed by atoms with Crippen LogP contribution in [-0.2, 0) is 24.4 Å². The lowest BCUT2D eigenvalue weighted by Gasteiger charge is -2.31. The number of ether oxygens (including phenoxy) is 1. The molecule has 2 aliphatic rings. The van der Waals surface area contributed by atoms with Crippen LogP contribution in [0.15, 0.2) is 54.7 Å². The Kier molecular flexibility index (Phi) is 6.04. The predicted octanol–water partition coefficient (Wildman–Crippen LogP) is 4.99. The number of carboxylic acid groups (broad SMARTS) is 1. The van der Waals surface area contributed by atoms with E-state index in [1.165, 1.54) is 0 Å². The Morgan fingerprint density at radius 2 is 1.88 bits per heavy atom. The van der Waals surface area contributed by atoms with Crippen molar-refractivity contribution in [3.05, 3.63) is 76.6 Å². The highest BCUT2D eigenvalue weighted by Crippen LogP contribution is 2.49. The van der Waals surface area contributed by atoms with Crippen LogP contribution in [0.4, 0.5) is 0 Å². The second-order valence-electron chi connectivity index (χ2n) is 9.14. The first-order valence-corrected chi connectivity index (χ1v) is 11.6. The number of hydrogen-bond acceptors (Lipinski definition) is 5. The number of hydrogen-bond donors (Lipinski definition) is 1. The van der Waals surface area contributed by atoms with Gasteiger partial charge in [0.1, 0.15) is 12.4 Å². The molecule has 0 spiro atoms. The molecule has 0 atom stereocenters. The smallest absolute Gasteiger partial charge is 0.303 e. The van der Waals surface area contributed by atoms with E-state index < -0.39 is 5.97 Å². The van der Waals surface area contributed by atoms with Crippen LogP contribution in [-0.4, -0.2) is 39.0 Å². The van der Waals surface area contributed by atoms with Gasteiger partial charge in [0.25, 0.3) is 0 Å². The summed E-state index contributed by atoms with van der Waals surface area (Å²) in [6.07, 6.45) is 5.07. The lowest BCUT2D eigenvalue weighted by Crippen LogP contribution is -2.36. The topological polar surface area (TPSA) is 75.5 Å². The van der Waals surface area contributed by atoms with Crippen molar-refractivity contribution < 1.29 is 14.6 Å². The van der Waals surface area contributed by atoms with Crippen molar-refractivity contribution in [1.82, 2.24) is 14.9 Å². The van der Waals surface area contributed by atoms with Gasteiger partial charge >= 0.3 is 5.97 Å². The van der Waals surface area contributed by atoms with Gasteiger partial charge in [-0.1, -0.05) is 23.7 Å². The fourth-order valence-corrected chi connectivity index (χ4v) is 4.58. The van der Waals surface area contributed by atoms with Crippen LogP contribution in [0.1, 0.15) is 36.1 Å². The second-order valence-corrected chi connectivity index (χ2v) is 9.57. The average molecular weight is 464 g/mol. The van der Waals surface area contributed by atoms with Crippen molar-refractivity contribution in [2.75, 3.05) is 13.1 Å². The summed E-state index contributed by atoms with van der Waals surface area (Å²) in [6, 6.07) is 15.5. The van der Waals surface area contributed by atoms with E-state index in [2.05, 4.69) is 9.88 Å². The van der Waals surface area contributed by atoms with E-state index >= 15 is 0 Å². The third-order valence-corrected chi connectivity index (χ3v) is 6.74. The van der Waals surface area contributed by atoms with Crippen molar-refractivity contribution in [1.29, 1.82) is 0 Å². The third kappa shape index (κ3) is 5.34. The van der Waals surface area contributed by atoms with Gasteiger partial charge in [-0.05, 0) is 60.2 Å². The van der Waals surface area contributed by atoms with Crippen LogP contribution in [0.5, 0.6) is 5.75 Å². The first-order valence-electron chi connectivity index (χ1n) is 11.2. The van der Waals surface area contributed by atoms with Gasteiger partial charge in [-0.3, -0.25) is 9.69 Å². The molecule has 170 valence electrons. The number of fused-ring (bicyclic) bond motifs is 1. The van der Waals surface area contributed by atoms with Gasteiger partial charge in [0.05, 0.1) is 12.1 Å². The minimum absolute atomic E-state index is 0.0263. The number of aliphatic carboxylic acids is 1. The standard InChI is InChI=1S/C26H26ClN3O3/c27-21-5-1-18(2-6-21)16-33-22-7-3-19(4-8-22)25-28-14-20-15-30(12-9-23(20)29-25)17-26(10-11-26)13-24(31)32/h1-8,14H,9-13,15-17H2,(H,31,32). The maximum absolute atomic E-state index is 11.2. The monoisotopic (exact) mass is 463 g/mol. The fourth-order valence-electron chi connectivity index (χ4n) is 4.46. The van der Waals surface area contributed by atoms with Crippen molar-refractivity contribution in [3.63, 3.8) is 0 Å². The number of benzene rings is 2. The van der Waals surface area contributed by atoms with Crippen molar-refractivity contribution in [2.45, 2.75) is 38.8 Å². The van der Waals surface area contributed by atoms with Crippen molar-refractivity contribution in [2.24, 2.45) is 5.41 Å². The molecule has 0 unspecified atom stereocenters. The van der Waals surface area contributed by atoms with E-state index in [1.54, 1.807) is 0 Å². The number of carbonyl (C=O) groups is 1. The van der Waals surface area contributed by atoms with E-state index in [9.17, 15) is 9.90 Å². The second kappa shape index (κ2) is 9.12. The number of aromatic nitrogens is 2. The lowest BCUT2D eigenvalue weighted by molar-refractivity contribution is -0.138. The molecule has 0 saturated heterocycles. The minimum atomic E-state index is -0.695. The molecule has 33 heavy (non-hydrogen) atoms. The Labute approximate surface area is 198 Å². The molecule has 0 amide bonds. The molecule has 1 aliphatic heterocycles. The summed E-state index contributed by atoms with van der Waals surface area (Å²) in [5.74, 6) is 0.813. The fraction of sp³-hybridized carbons (Fsp3) is 0.346. The first kappa shape index (κ1) is 21.9. The molecule has 1 saturated carbocycles. The molecule has 1 fully saturated rings. The van der Waals surface area contributed by atoms with E-state index in [-0.39, 0.29) is 11.8 Å². The highest BCUT2D eigenvalue weighted by Gasteiger charge is 2.45. The van der Waals surface area contributed by atoms with Crippen molar-refractivity contribution >= 4 is 17.6 Å². The SMILES string of the molecule is O=C(O)CC1(CN2CCc3nc(-c4ccc(OCc5ccc(Cl)cc5)cc4)ncc3C2)CC1. The Balaban J connectivity index is 1.20. The van der Waals surface area contributed by atoms with E-state index in [0.717, 1.165) is 72.9 Å². The molecule has 6 nitrogen and oxygen atoms in total. The highest BCUT2D eigenvalue weighted by molar-refractivity contribution is 6.30. The zero-order valence-electron chi connectivity index (χ0n) is 18.3. The summed E-state index contributed by atoms with van der Waals surface area (Å²) in [6.45, 7) is 3.02. The Morgan fingerprint density at radius 3 is 2.58 bits per heavy atom. The summed E-state index contributed by atoms with van der Waals surface area (Å²) in [5.41, 5.74) is 4.21. The lowest BCUT2D eigenvalue weighted by atomic mass is 9.99. The molecule has 2 heterocycles. The van der Waals surface area contributed by atoms with Crippen LogP contribution in [0.25, 0.3) is 11.4 Å². The average Bonchev–Trinajstić information content (AvgIpc) is 3.56. The van der Waals surface area contributed by atoms with Crippen molar-refractivity contribution in [3.8, 4) is 17.1 Å². The summed E-state index contributed by atoms with van der Waals surface area (Å²) in [4.78, 5) is 22.9. The molecule has 0 radical (unpaired) electrons. The van der Waals surface area contributed by atoms with Gasteiger partial charge in [-0.25, -0.2) is 9.97 Å². The Hall–Kier alpha value is -2.96. The number of carboxylic acids is 1. The zero-order chi connectivity index (χ0) is 22.8. The molecule has 1 N–H and O–H groups in total. The summed E-state index contributed by atoms with van der Waals surface area (Å²) in [7, 11) is 0.